The van der Waals surface area contributed by atoms with Crippen molar-refractivity contribution in [1.29, 1.82) is 0 Å². The third-order valence-corrected chi connectivity index (χ3v) is 8.48. The topological polar surface area (TPSA) is 104 Å². The standard InChI is InChI=1S/C38H67NO5S/c1-3-5-7-9-11-13-14-15-16-17-18-19-20-21-22-23-24-26-28-30-32-34-38(41)39-36(35-45(42,43)44)37(40)33-31-29-27-25-12-10-8-6-4-2/h5,7,11,13,15-16,18-19,31,33,36-37,40H,3-4,6,8-10,12,14,17,20-30,32,34-35H2,1-2H3,(H,39,41)(H,42,43,44)/b7-5-,13-11-,16-15-,19-18-,33-31+. The van der Waals surface area contributed by atoms with Gasteiger partial charge in [0.15, 0.2) is 0 Å². The molecule has 45 heavy (non-hydrogen) atoms. The number of aliphatic hydroxyl groups excluding tert-OH is 1. The van der Waals surface area contributed by atoms with Crippen LogP contribution in [0.2, 0.25) is 0 Å². The molecule has 7 heteroatoms. The summed E-state index contributed by atoms with van der Waals surface area (Å²) < 4.78 is 32.2. The molecule has 0 aliphatic carbocycles. The maximum atomic E-state index is 12.4. The van der Waals surface area contributed by atoms with Crippen LogP contribution in [0.1, 0.15) is 155 Å². The lowest BCUT2D eigenvalue weighted by Crippen LogP contribution is -2.46. The van der Waals surface area contributed by atoms with Crippen LogP contribution in [0.5, 0.6) is 0 Å². The van der Waals surface area contributed by atoms with Gasteiger partial charge in [0.25, 0.3) is 10.1 Å². The first-order valence-corrected chi connectivity index (χ1v) is 19.6. The number of carbonyl (C=O) groups is 1. The Labute approximate surface area is 277 Å². The number of nitrogens with one attached hydrogen (secondary N) is 1. The largest absolute Gasteiger partial charge is 0.387 e. The molecule has 0 bridgehead atoms. The van der Waals surface area contributed by atoms with Gasteiger partial charge in [-0.05, 0) is 57.8 Å². The maximum absolute atomic E-state index is 12.4. The van der Waals surface area contributed by atoms with Crippen molar-refractivity contribution in [2.75, 3.05) is 5.75 Å². The quantitative estimate of drug-likeness (QED) is 0.0394. The molecule has 6 nitrogen and oxygen atoms in total. The normalized spacial score (nSPS) is 14.1. The van der Waals surface area contributed by atoms with E-state index in [9.17, 15) is 22.9 Å². The molecule has 0 heterocycles. The summed E-state index contributed by atoms with van der Waals surface area (Å²) in [5, 5.41) is 13.1. The summed E-state index contributed by atoms with van der Waals surface area (Å²) in [5.74, 6) is -0.997. The average molecular weight is 650 g/mol. The van der Waals surface area contributed by atoms with Crippen LogP contribution in [-0.2, 0) is 14.9 Å². The molecule has 0 fully saturated rings. The van der Waals surface area contributed by atoms with E-state index in [-0.39, 0.29) is 12.3 Å². The Hall–Kier alpha value is -1.96. The fourth-order valence-electron chi connectivity index (χ4n) is 5.03. The van der Waals surface area contributed by atoms with E-state index in [4.69, 9.17) is 0 Å². The van der Waals surface area contributed by atoms with Crippen molar-refractivity contribution in [3.63, 3.8) is 0 Å². The molecule has 0 aliphatic heterocycles. The second kappa shape index (κ2) is 32.0. The molecule has 0 aliphatic rings. The smallest absolute Gasteiger partial charge is 0.267 e. The van der Waals surface area contributed by atoms with Gasteiger partial charge in [-0.25, -0.2) is 0 Å². The van der Waals surface area contributed by atoms with E-state index in [2.05, 4.69) is 67.8 Å². The molecule has 2 atom stereocenters. The number of allylic oxidation sites excluding steroid dienone is 9. The first kappa shape index (κ1) is 43.0. The molecular formula is C38H67NO5S. The van der Waals surface area contributed by atoms with Crippen LogP contribution in [-0.4, -0.2) is 41.9 Å². The number of hydrogen-bond donors (Lipinski definition) is 3. The molecule has 0 radical (unpaired) electrons. The van der Waals surface area contributed by atoms with E-state index in [1.54, 1.807) is 0 Å². The molecule has 0 aromatic carbocycles. The highest BCUT2D eigenvalue weighted by molar-refractivity contribution is 7.85. The maximum Gasteiger partial charge on any atom is 0.267 e. The van der Waals surface area contributed by atoms with E-state index < -0.39 is 28.0 Å². The lowest BCUT2D eigenvalue weighted by atomic mass is 10.1. The summed E-state index contributed by atoms with van der Waals surface area (Å²) in [6, 6.07) is -1.06. The number of hydrogen-bond acceptors (Lipinski definition) is 4. The second-order valence-electron chi connectivity index (χ2n) is 12.1. The minimum atomic E-state index is -4.34. The van der Waals surface area contributed by atoms with Crippen molar-refractivity contribution in [1.82, 2.24) is 5.32 Å². The minimum absolute atomic E-state index is 0.283. The van der Waals surface area contributed by atoms with E-state index >= 15 is 0 Å². The lowest BCUT2D eigenvalue weighted by molar-refractivity contribution is -0.122. The molecule has 0 spiro atoms. The van der Waals surface area contributed by atoms with Crippen LogP contribution in [0, 0.1) is 0 Å². The van der Waals surface area contributed by atoms with Crippen LogP contribution in [0.4, 0.5) is 0 Å². The predicted molar refractivity (Wildman–Crippen MR) is 193 cm³/mol. The van der Waals surface area contributed by atoms with Gasteiger partial charge in [0.05, 0.1) is 17.9 Å². The zero-order valence-corrected chi connectivity index (χ0v) is 29.5. The van der Waals surface area contributed by atoms with Crippen molar-refractivity contribution in [2.45, 2.75) is 167 Å². The van der Waals surface area contributed by atoms with Crippen LogP contribution in [0.15, 0.2) is 60.8 Å². The fraction of sp³-hybridized carbons (Fsp3) is 0.711. The first-order chi connectivity index (χ1) is 21.8. The minimum Gasteiger partial charge on any atom is -0.387 e. The summed E-state index contributed by atoms with van der Waals surface area (Å²) in [6.45, 7) is 4.35. The van der Waals surface area contributed by atoms with Crippen LogP contribution < -0.4 is 5.32 Å². The molecule has 0 saturated carbocycles. The number of amides is 1. The van der Waals surface area contributed by atoms with Gasteiger partial charge in [0.1, 0.15) is 0 Å². The fourth-order valence-corrected chi connectivity index (χ4v) is 5.76. The summed E-state index contributed by atoms with van der Waals surface area (Å²) in [5.41, 5.74) is 0. The highest BCUT2D eigenvalue weighted by Crippen LogP contribution is 2.12. The monoisotopic (exact) mass is 649 g/mol. The molecule has 3 N–H and O–H groups in total. The third kappa shape index (κ3) is 33.2. The number of aliphatic hydroxyl groups is 1. The lowest BCUT2D eigenvalue weighted by Gasteiger charge is -2.21. The van der Waals surface area contributed by atoms with E-state index in [1.165, 1.54) is 63.9 Å². The molecule has 0 rings (SSSR count). The number of rotatable bonds is 31. The van der Waals surface area contributed by atoms with Gasteiger partial charge >= 0.3 is 0 Å². The highest BCUT2D eigenvalue weighted by atomic mass is 32.2. The van der Waals surface area contributed by atoms with Gasteiger partial charge < -0.3 is 10.4 Å². The highest BCUT2D eigenvalue weighted by Gasteiger charge is 2.24. The molecule has 1 amide bonds. The molecule has 0 aromatic rings. The van der Waals surface area contributed by atoms with Gasteiger partial charge in [0.2, 0.25) is 5.91 Å². The van der Waals surface area contributed by atoms with Crippen molar-refractivity contribution in [3.05, 3.63) is 60.8 Å². The second-order valence-corrected chi connectivity index (χ2v) is 13.6. The van der Waals surface area contributed by atoms with E-state index in [1.807, 2.05) is 6.08 Å². The van der Waals surface area contributed by atoms with Crippen molar-refractivity contribution in [2.24, 2.45) is 0 Å². The Balaban J connectivity index is 3.94. The number of carbonyl (C=O) groups excluding carboxylic acids is 1. The van der Waals surface area contributed by atoms with E-state index in [0.29, 0.717) is 0 Å². The van der Waals surface area contributed by atoms with Crippen molar-refractivity contribution >= 4 is 16.0 Å². The molecule has 260 valence electrons. The SMILES string of the molecule is CC/C=C\C/C=C\C/C=C\C/C=C\CCCCCCCCCCC(=O)NC(CS(=O)(=O)O)C(O)/C=C/CCCCCCCCC. The van der Waals surface area contributed by atoms with Crippen LogP contribution in [0.25, 0.3) is 0 Å². The zero-order chi connectivity index (χ0) is 33.3. The van der Waals surface area contributed by atoms with Gasteiger partial charge in [-0.1, -0.05) is 152 Å². The zero-order valence-electron chi connectivity index (χ0n) is 28.7. The van der Waals surface area contributed by atoms with Gasteiger partial charge in [-0.3, -0.25) is 9.35 Å². The molecule has 0 saturated heterocycles. The summed E-state index contributed by atoms with van der Waals surface area (Å²) >= 11 is 0. The third-order valence-electron chi connectivity index (χ3n) is 7.70. The number of unbranched alkanes of at least 4 members (excludes halogenated alkanes) is 15. The summed E-state index contributed by atoms with van der Waals surface area (Å²) in [4.78, 5) is 12.4. The molecule has 0 aromatic heterocycles. The predicted octanol–water partition coefficient (Wildman–Crippen LogP) is 10.1. The van der Waals surface area contributed by atoms with Gasteiger partial charge in [-0.15, -0.1) is 0 Å². The Morgan fingerprint density at radius 1 is 0.622 bits per heavy atom. The Kier molecular flexibility index (Phi) is 30.6. The summed E-state index contributed by atoms with van der Waals surface area (Å²) in [6.07, 6.45) is 43.5. The van der Waals surface area contributed by atoms with Crippen molar-refractivity contribution < 1.29 is 22.9 Å². The Bertz CT molecular complexity index is 936. The van der Waals surface area contributed by atoms with Gasteiger partial charge in [-0.2, -0.15) is 8.42 Å². The molecule has 2 unspecified atom stereocenters. The Morgan fingerprint density at radius 3 is 1.58 bits per heavy atom. The van der Waals surface area contributed by atoms with Gasteiger partial charge in [0, 0.05) is 6.42 Å². The van der Waals surface area contributed by atoms with Crippen molar-refractivity contribution in [3.8, 4) is 0 Å². The van der Waals surface area contributed by atoms with Crippen LogP contribution >= 0.6 is 0 Å². The average Bonchev–Trinajstić information content (AvgIpc) is 3.00. The first-order valence-electron chi connectivity index (χ1n) is 18.0. The summed E-state index contributed by atoms with van der Waals surface area (Å²) in [7, 11) is -4.34. The Morgan fingerprint density at radius 2 is 1.07 bits per heavy atom. The molecular weight excluding hydrogens is 582 g/mol. The van der Waals surface area contributed by atoms with Crippen LogP contribution in [0.3, 0.4) is 0 Å². The van der Waals surface area contributed by atoms with E-state index in [0.717, 1.165) is 77.0 Å².